The fourth-order valence-corrected chi connectivity index (χ4v) is 2.57. The molecule has 2 rings (SSSR count). The molecule has 0 spiro atoms. The second kappa shape index (κ2) is 7.02. The molecule has 0 fully saturated rings. The van der Waals surface area contributed by atoms with Crippen molar-refractivity contribution in [3.8, 4) is 0 Å². The molecule has 0 aliphatic rings. The molecule has 0 bridgehead atoms. The first-order chi connectivity index (χ1) is 10.4. The highest BCUT2D eigenvalue weighted by Crippen LogP contribution is 2.14. The highest BCUT2D eigenvalue weighted by Gasteiger charge is 2.27. The molecule has 118 valence electrons. The fourth-order valence-electron chi connectivity index (χ4n) is 2.13. The predicted octanol–water partition coefficient (Wildman–Crippen LogP) is 2.54. The van der Waals surface area contributed by atoms with Gasteiger partial charge in [0.25, 0.3) is 0 Å². The predicted molar refractivity (Wildman–Crippen MR) is 89.4 cm³/mol. The van der Waals surface area contributed by atoms with Gasteiger partial charge < -0.3 is 5.73 Å². The van der Waals surface area contributed by atoms with E-state index in [1.807, 2.05) is 31.2 Å². The first kappa shape index (κ1) is 16.6. The summed E-state index contributed by atoms with van der Waals surface area (Å²) in [7, 11) is 0. The number of benzene rings is 1. The van der Waals surface area contributed by atoms with Gasteiger partial charge in [0.1, 0.15) is 6.33 Å². The largest absolute Gasteiger partial charge is 0.318 e. The van der Waals surface area contributed by atoms with Crippen LogP contribution in [0.3, 0.4) is 0 Å². The van der Waals surface area contributed by atoms with Crippen molar-refractivity contribution >= 4 is 27.8 Å². The van der Waals surface area contributed by atoms with Gasteiger partial charge in [-0.2, -0.15) is 0 Å². The number of nitrogens with two attached hydrogens (primary N) is 1. The number of rotatable bonds is 6. The number of hydrogen-bond donors (Lipinski definition) is 2. The van der Waals surface area contributed by atoms with Crippen LogP contribution in [0.2, 0.25) is 0 Å². The maximum Gasteiger partial charge on any atom is 0.248 e. The summed E-state index contributed by atoms with van der Waals surface area (Å²) in [4.78, 5) is 16.2. The zero-order valence-corrected chi connectivity index (χ0v) is 14.3. The van der Waals surface area contributed by atoms with Gasteiger partial charge in [0, 0.05) is 4.47 Å². The monoisotopic (exact) mass is 365 g/mol. The summed E-state index contributed by atoms with van der Waals surface area (Å²) in [5, 5.41) is 6.92. The molecule has 0 aliphatic heterocycles. The number of carbonyl (C=O) groups excluding carboxylic acids is 1. The van der Waals surface area contributed by atoms with Gasteiger partial charge in [-0.05, 0) is 31.0 Å². The molecule has 0 radical (unpaired) electrons. The Kier molecular flexibility index (Phi) is 5.31. The van der Waals surface area contributed by atoms with Crippen LogP contribution in [-0.4, -0.2) is 26.2 Å². The fraction of sp³-hybridized carbons (Fsp3) is 0.400. The number of halogens is 1. The van der Waals surface area contributed by atoms with Crippen molar-refractivity contribution < 1.29 is 4.79 Å². The second-order valence-corrected chi connectivity index (χ2v) is 6.43. The number of anilines is 1. The van der Waals surface area contributed by atoms with E-state index >= 15 is 0 Å². The molecule has 6 nitrogen and oxygen atoms in total. The molecule has 1 aromatic heterocycles. The second-order valence-electron chi connectivity index (χ2n) is 5.52. The number of nitrogens with zero attached hydrogens (tertiary/aromatic N) is 3. The molecule has 1 unspecified atom stereocenters. The minimum absolute atomic E-state index is 0.269. The van der Waals surface area contributed by atoms with Crippen LogP contribution in [0.1, 0.15) is 32.3 Å². The quantitative estimate of drug-likeness (QED) is 0.823. The molecule has 1 atom stereocenters. The van der Waals surface area contributed by atoms with Gasteiger partial charge in [-0.25, -0.2) is 9.67 Å². The summed E-state index contributed by atoms with van der Waals surface area (Å²) >= 11 is 3.43. The molecule has 0 saturated carbocycles. The van der Waals surface area contributed by atoms with Crippen molar-refractivity contribution in [1.82, 2.24) is 14.8 Å². The van der Waals surface area contributed by atoms with Crippen LogP contribution in [0.4, 0.5) is 5.95 Å². The third-order valence-electron chi connectivity index (χ3n) is 3.28. The molecule has 3 N–H and O–H groups in total. The van der Waals surface area contributed by atoms with Gasteiger partial charge in [0.2, 0.25) is 11.9 Å². The number of hydrogen-bond acceptors (Lipinski definition) is 4. The lowest BCUT2D eigenvalue weighted by Crippen LogP contribution is -2.48. The first-order valence-corrected chi connectivity index (χ1v) is 7.94. The average Bonchev–Trinajstić information content (AvgIpc) is 2.86. The van der Waals surface area contributed by atoms with Gasteiger partial charge in [-0.3, -0.25) is 10.1 Å². The summed E-state index contributed by atoms with van der Waals surface area (Å²) in [6.07, 6.45) is 3.03. The first-order valence-electron chi connectivity index (χ1n) is 7.15. The smallest absolute Gasteiger partial charge is 0.248 e. The summed E-state index contributed by atoms with van der Waals surface area (Å²) < 4.78 is 2.68. The third kappa shape index (κ3) is 4.38. The van der Waals surface area contributed by atoms with E-state index in [4.69, 9.17) is 5.73 Å². The van der Waals surface area contributed by atoms with Crippen LogP contribution in [-0.2, 0) is 11.3 Å². The lowest BCUT2D eigenvalue weighted by Gasteiger charge is -2.21. The Labute approximate surface area is 138 Å². The van der Waals surface area contributed by atoms with E-state index in [2.05, 4.69) is 31.3 Å². The van der Waals surface area contributed by atoms with Crippen LogP contribution < -0.4 is 11.1 Å². The summed E-state index contributed by atoms with van der Waals surface area (Å²) in [6, 6.07) is 7.94. The Morgan fingerprint density at radius 1 is 1.50 bits per heavy atom. The molecule has 22 heavy (non-hydrogen) atoms. The van der Waals surface area contributed by atoms with E-state index in [9.17, 15) is 4.79 Å². The van der Waals surface area contributed by atoms with E-state index in [-0.39, 0.29) is 11.9 Å². The zero-order chi connectivity index (χ0) is 16.2. The standard InChI is InChI=1S/C15H20BrN5O/c1-3-7-15(2,17)13(22)19-14-18-10-21(20-14)9-11-5-4-6-12(16)8-11/h4-6,8,10H,3,7,9,17H2,1-2H3,(H,19,20,22). The molecule has 2 aromatic rings. The van der Waals surface area contributed by atoms with Gasteiger partial charge in [-0.15, -0.1) is 5.10 Å². The van der Waals surface area contributed by atoms with Gasteiger partial charge in [0.15, 0.2) is 0 Å². The Morgan fingerprint density at radius 2 is 2.27 bits per heavy atom. The van der Waals surface area contributed by atoms with Crippen molar-refractivity contribution in [1.29, 1.82) is 0 Å². The van der Waals surface area contributed by atoms with Crippen molar-refractivity contribution in [2.24, 2.45) is 5.73 Å². The Hall–Kier alpha value is -1.73. The summed E-state index contributed by atoms with van der Waals surface area (Å²) in [5.41, 5.74) is 6.16. The molecule has 7 heteroatoms. The number of carbonyl (C=O) groups is 1. The van der Waals surface area contributed by atoms with Gasteiger partial charge in [-0.1, -0.05) is 41.4 Å². The molecule has 1 aromatic carbocycles. The minimum atomic E-state index is -0.912. The Bertz CT molecular complexity index is 653. The maximum atomic E-state index is 12.1. The number of amides is 1. The summed E-state index contributed by atoms with van der Waals surface area (Å²) in [5.74, 6) is 0.00216. The van der Waals surface area contributed by atoms with Crippen LogP contribution in [0.25, 0.3) is 0 Å². The van der Waals surface area contributed by atoms with Crippen molar-refractivity contribution in [2.45, 2.75) is 38.8 Å². The Balaban J connectivity index is 2.01. The van der Waals surface area contributed by atoms with Gasteiger partial charge in [0.05, 0.1) is 12.1 Å². The van der Waals surface area contributed by atoms with Crippen LogP contribution in [0, 0.1) is 0 Å². The lowest BCUT2D eigenvalue weighted by atomic mass is 9.97. The average molecular weight is 366 g/mol. The number of nitrogens with one attached hydrogen (secondary N) is 1. The van der Waals surface area contributed by atoms with E-state index in [0.717, 1.165) is 16.5 Å². The van der Waals surface area contributed by atoms with E-state index in [1.165, 1.54) is 0 Å². The summed E-state index contributed by atoms with van der Waals surface area (Å²) in [6.45, 7) is 4.28. The topological polar surface area (TPSA) is 85.8 Å². The van der Waals surface area contributed by atoms with Gasteiger partial charge >= 0.3 is 0 Å². The molecular weight excluding hydrogens is 346 g/mol. The van der Waals surface area contributed by atoms with Crippen LogP contribution >= 0.6 is 15.9 Å². The molecule has 1 heterocycles. The molecule has 0 saturated heterocycles. The van der Waals surface area contributed by atoms with Crippen LogP contribution in [0.5, 0.6) is 0 Å². The minimum Gasteiger partial charge on any atom is -0.318 e. The highest BCUT2D eigenvalue weighted by atomic mass is 79.9. The molecule has 1 amide bonds. The van der Waals surface area contributed by atoms with Crippen molar-refractivity contribution in [2.75, 3.05) is 5.32 Å². The maximum absolute atomic E-state index is 12.1. The zero-order valence-electron chi connectivity index (χ0n) is 12.7. The molecule has 0 aliphatic carbocycles. The normalized spacial score (nSPS) is 13.6. The van der Waals surface area contributed by atoms with E-state index in [1.54, 1.807) is 17.9 Å². The Morgan fingerprint density at radius 3 is 2.95 bits per heavy atom. The third-order valence-corrected chi connectivity index (χ3v) is 3.78. The van der Waals surface area contributed by atoms with Crippen molar-refractivity contribution in [3.05, 3.63) is 40.6 Å². The molecular formula is C15H20BrN5O. The van der Waals surface area contributed by atoms with Crippen molar-refractivity contribution in [3.63, 3.8) is 0 Å². The van der Waals surface area contributed by atoms with Crippen LogP contribution in [0.15, 0.2) is 35.1 Å². The van der Waals surface area contributed by atoms with E-state index < -0.39 is 5.54 Å². The lowest BCUT2D eigenvalue weighted by molar-refractivity contribution is -0.120. The van der Waals surface area contributed by atoms with E-state index in [0.29, 0.717) is 13.0 Å². The highest BCUT2D eigenvalue weighted by molar-refractivity contribution is 9.10. The SMILES string of the molecule is CCCC(C)(N)C(=O)Nc1ncn(Cc2cccc(Br)c2)n1. The number of aromatic nitrogens is 3.